The molecule has 2 heteroatoms. The van der Waals surface area contributed by atoms with Gasteiger partial charge in [0, 0.05) is 22.3 Å². The molecule has 0 aromatic heterocycles. The first kappa shape index (κ1) is 19.3. The minimum Gasteiger partial charge on any atom is -0.289 e. The van der Waals surface area contributed by atoms with Gasteiger partial charge in [0.1, 0.15) is 0 Å². The molecule has 0 saturated heterocycles. The minimum absolute atomic E-state index is 0.162. The first-order valence-corrected chi connectivity index (χ1v) is 9.79. The van der Waals surface area contributed by atoms with Crippen molar-refractivity contribution in [2.75, 3.05) is 0 Å². The fourth-order valence-electron chi connectivity index (χ4n) is 3.38. The van der Waals surface area contributed by atoms with Crippen LogP contribution in [0.5, 0.6) is 0 Å². The summed E-state index contributed by atoms with van der Waals surface area (Å²) in [5.74, 6) is -0.326. The summed E-state index contributed by atoms with van der Waals surface area (Å²) in [6.07, 6.45) is 3.85. The van der Waals surface area contributed by atoms with Crippen LogP contribution < -0.4 is 0 Å². The van der Waals surface area contributed by atoms with Crippen molar-refractivity contribution in [3.05, 3.63) is 143 Å². The minimum atomic E-state index is -0.164. The van der Waals surface area contributed by atoms with E-state index in [9.17, 15) is 9.59 Å². The molecule has 0 aliphatic carbocycles. The van der Waals surface area contributed by atoms with Crippen LogP contribution in [-0.2, 0) is 0 Å². The molecule has 30 heavy (non-hydrogen) atoms. The largest absolute Gasteiger partial charge is 0.289 e. The van der Waals surface area contributed by atoms with Crippen LogP contribution in [0.3, 0.4) is 0 Å². The number of rotatable bonds is 6. The molecule has 0 amide bonds. The Morgan fingerprint density at radius 2 is 1.03 bits per heavy atom. The number of benzene rings is 4. The second-order valence-electron chi connectivity index (χ2n) is 6.90. The van der Waals surface area contributed by atoms with Crippen LogP contribution in [0.4, 0.5) is 0 Å². The van der Waals surface area contributed by atoms with Crippen LogP contribution in [0.2, 0.25) is 0 Å². The maximum atomic E-state index is 13.4. The van der Waals surface area contributed by atoms with Gasteiger partial charge in [-0.2, -0.15) is 0 Å². The molecule has 2 nitrogen and oxygen atoms in total. The van der Waals surface area contributed by atoms with Gasteiger partial charge < -0.3 is 0 Å². The Bertz CT molecular complexity index is 1190. The first-order valence-electron chi connectivity index (χ1n) is 9.79. The normalized spacial score (nSPS) is 10.8. The van der Waals surface area contributed by atoms with Crippen LogP contribution in [0.25, 0.3) is 12.2 Å². The fourth-order valence-corrected chi connectivity index (χ4v) is 3.38. The van der Waals surface area contributed by atoms with Crippen molar-refractivity contribution in [3.63, 3.8) is 0 Å². The van der Waals surface area contributed by atoms with Crippen molar-refractivity contribution >= 4 is 23.7 Å². The Morgan fingerprint density at radius 3 is 1.63 bits per heavy atom. The zero-order chi connectivity index (χ0) is 20.8. The van der Waals surface area contributed by atoms with E-state index in [1.54, 1.807) is 30.3 Å². The smallest absolute Gasteiger partial charge is 0.194 e. The van der Waals surface area contributed by atoms with E-state index in [1.807, 2.05) is 91.0 Å². The highest BCUT2D eigenvalue weighted by molar-refractivity contribution is 6.21. The zero-order valence-electron chi connectivity index (χ0n) is 16.4. The number of carbonyl (C=O) groups excluding carboxylic acids is 2. The van der Waals surface area contributed by atoms with E-state index in [0.717, 1.165) is 11.1 Å². The third-order valence-corrected chi connectivity index (χ3v) is 4.90. The van der Waals surface area contributed by atoms with E-state index < -0.39 is 0 Å². The summed E-state index contributed by atoms with van der Waals surface area (Å²) in [7, 11) is 0. The summed E-state index contributed by atoms with van der Waals surface area (Å²) in [5, 5.41) is 0. The molecule has 0 bridgehead atoms. The van der Waals surface area contributed by atoms with E-state index in [4.69, 9.17) is 0 Å². The van der Waals surface area contributed by atoms with Crippen molar-refractivity contribution in [3.8, 4) is 0 Å². The van der Waals surface area contributed by atoms with Gasteiger partial charge in [0.05, 0.1) is 0 Å². The summed E-state index contributed by atoms with van der Waals surface area (Å²) in [5.41, 5.74) is 3.68. The molecule has 4 rings (SSSR count). The summed E-state index contributed by atoms with van der Waals surface area (Å²) in [4.78, 5) is 26.7. The molecule has 0 saturated carbocycles. The molecule has 4 aromatic carbocycles. The van der Waals surface area contributed by atoms with Gasteiger partial charge in [-0.3, -0.25) is 9.59 Å². The summed E-state index contributed by atoms with van der Waals surface area (Å²) in [6.45, 7) is 0. The fraction of sp³-hybridized carbons (Fsp3) is 0. The van der Waals surface area contributed by atoms with Crippen LogP contribution in [0, 0.1) is 0 Å². The lowest BCUT2D eigenvalue weighted by Crippen LogP contribution is -2.13. The monoisotopic (exact) mass is 388 g/mol. The molecular weight excluding hydrogens is 368 g/mol. The lowest BCUT2D eigenvalue weighted by molar-refractivity contribution is 0.100. The van der Waals surface area contributed by atoms with Gasteiger partial charge in [-0.25, -0.2) is 0 Å². The van der Waals surface area contributed by atoms with Crippen molar-refractivity contribution in [2.45, 2.75) is 0 Å². The van der Waals surface area contributed by atoms with Gasteiger partial charge in [-0.15, -0.1) is 0 Å². The molecule has 0 N–H and O–H groups in total. The predicted molar refractivity (Wildman–Crippen MR) is 122 cm³/mol. The van der Waals surface area contributed by atoms with E-state index >= 15 is 0 Å². The lowest BCUT2D eigenvalue weighted by Gasteiger charge is -2.12. The van der Waals surface area contributed by atoms with Crippen molar-refractivity contribution in [1.82, 2.24) is 0 Å². The summed E-state index contributed by atoms with van der Waals surface area (Å²) >= 11 is 0. The standard InChI is InChI=1S/C28H20O2/c29-27(23-13-6-2-7-14-23)25-18-10-17-22(20-19-21-11-4-1-5-12-21)26(25)28(30)24-15-8-3-9-16-24/h1-20H/b20-19-. The molecule has 0 fully saturated rings. The van der Waals surface area contributed by atoms with Crippen molar-refractivity contribution in [1.29, 1.82) is 0 Å². The second-order valence-corrected chi connectivity index (χ2v) is 6.90. The first-order chi connectivity index (χ1) is 14.7. The Kier molecular flexibility index (Phi) is 5.77. The second kappa shape index (κ2) is 8.97. The average Bonchev–Trinajstić information content (AvgIpc) is 2.83. The molecule has 0 radical (unpaired) electrons. The number of carbonyl (C=O) groups is 2. The van der Waals surface area contributed by atoms with E-state index in [1.165, 1.54) is 0 Å². The highest BCUT2D eigenvalue weighted by atomic mass is 16.1. The van der Waals surface area contributed by atoms with Gasteiger partial charge in [0.25, 0.3) is 0 Å². The maximum Gasteiger partial charge on any atom is 0.194 e. The number of hydrogen-bond acceptors (Lipinski definition) is 2. The van der Waals surface area contributed by atoms with E-state index in [2.05, 4.69) is 0 Å². The quantitative estimate of drug-likeness (QED) is 0.286. The molecule has 0 unspecified atom stereocenters. The van der Waals surface area contributed by atoms with Crippen molar-refractivity contribution < 1.29 is 9.59 Å². The third-order valence-electron chi connectivity index (χ3n) is 4.90. The van der Waals surface area contributed by atoms with Gasteiger partial charge >= 0.3 is 0 Å². The molecule has 0 spiro atoms. The Balaban J connectivity index is 1.85. The lowest BCUT2D eigenvalue weighted by atomic mass is 9.89. The topological polar surface area (TPSA) is 34.1 Å². The average molecular weight is 388 g/mol. The molecule has 0 heterocycles. The highest BCUT2D eigenvalue weighted by Crippen LogP contribution is 2.24. The van der Waals surface area contributed by atoms with Crippen LogP contribution in [0.15, 0.2) is 109 Å². The summed E-state index contributed by atoms with van der Waals surface area (Å²) in [6, 6.07) is 33.4. The van der Waals surface area contributed by atoms with Gasteiger partial charge in [0.15, 0.2) is 11.6 Å². The Morgan fingerprint density at radius 1 is 0.500 bits per heavy atom. The maximum absolute atomic E-state index is 13.4. The van der Waals surface area contributed by atoms with Gasteiger partial charge in [-0.05, 0) is 11.1 Å². The molecule has 144 valence electrons. The predicted octanol–water partition coefficient (Wildman–Crippen LogP) is 6.32. The van der Waals surface area contributed by atoms with E-state index in [0.29, 0.717) is 22.3 Å². The molecule has 4 aromatic rings. The molecule has 0 aliphatic heterocycles. The van der Waals surface area contributed by atoms with Crippen LogP contribution >= 0.6 is 0 Å². The van der Waals surface area contributed by atoms with Crippen LogP contribution in [-0.4, -0.2) is 11.6 Å². The molecule has 0 atom stereocenters. The Labute approximate surface area is 176 Å². The highest BCUT2D eigenvalue weighted by Gasteiger charge is 2.21. The summed E-state index contributed by atoms with van der Waals surface area (Å²) < 4.78 is 0. The zero-order valence-corrected chi connectivity index (χ0v) is 16.4. The van der Waals surface area contributed by atoms with Crippen LogP contribution in [0.1, 0.15) is 43.0 Å². The van der Waals surface area contributed by atoms with Gasteiger partial charge in [0.2, 0.25) is 0 Å². The van der Waals surface area contributed by atoms with Crippen molar-refractivity contribution in [2.24, 2.45) is 0 Å². The van der Waals surface area contributed by atoms with E-state index in [-0.39, 0.29) is 11.6 Å². The SMILES string of the molecule is O=C(c1ccccc1)c1cccc(/C=C\c2ccccc2)c1C(=O)c1ccccc1. The number of ketones is 2. The molecular formula is C28H20O2. The van der Waals surface area contributed by atoms with Gasteiger partial charge in [-0.1, -0.05) is 121 Å². The molecule has 0 aliphatic rings. The number of hydrogen-bond donors (Lipinski definition) is 0. The Hall–Kier alpha value is -4.04. The third kappa shape index (κ3) is 4.18.